The molecule has 5 nitrogen and oxygen atoms in total. The van der Waals surface area contributed by atoms with Crippen LogP contribution in [0.2, 0.25) is 0 Å². The first kappa shape index (κ1) is 16.3. The summed E-state index contributed by atoms with van der Waals surface area (Å²) in [6.45, 7) is 1.72. The van der Waals surface area contributed by atoms with Gasteiger partial charge in [-0.25, -0.2) is 9.78 Å². The first-order chi connectivity index (χ1) is 9.32. The fourth-order valence-corrected chi connectivity index (χ4v) is 1.73. The molecule has 1 N–H and O–H groups in total. The highest BCUT2D eigenvalue weighted by molar-refractivity contribution is 7.99. The number of alkyl halides is 3. The molecular weight excluding hydrogens is 297 g/mol. The molecule has 0 saturated heterocycles. The number of aromatic nitrogens is 1. The number of halogens is 3. The molecule has 0 unspecified atom stereocenters. The molecule has 0 bridgehead atoms. The Balaban J connectivity index is 2.46. The standard InChI is InChI=1S/C11H11F3N2O3S/c1-2-19-10(18)16-8(17)6-20-9-4-3-7(5-15-9)11(12,13)14/h3-5H,2,6H2,1H3,(H,16,17,18). The van der Waals surface area contributed by atoms with Gasteiger partial charge in [0.15, 0.2) is 0 Å². The highest BCUT2D eigenvalue weighted by atomic mass is 32.2. The van der Waals surface area contributed by atoms with Gasteiger partial charge in [-0.15, -0.1) is 0 Å². The lowest BCUT2D eigenvalue weighted by molar-refractivity contribution is -0.137. The van der Waals surface area contributed by atoms with Crippen molar-refractivity contribution in [2.75, 3.05) is 12.4 Å². The van der Waals surface area contributed by atoms with E-state index in [1.54, 1.807) is 6.92 Å². The van der Waals surface area contributed by atoms with Crippen molar-refractivity contribution in [1.29, 1.82) is 0 Å². The zero-order valence-electron chi connectivity index (χ0n) is 10.4. The zero-order chi connectivity index (χ0) is 15.2. The molecule has 0 aliphatic carbocycles. The van der Waals surface area contributed by atoms with Crippen molar-refractivity contribution < 1.29 is 27.5 Å². The SMILES string of the molecule is CCOC(=O)NC(=O)CSc1ccc(C(F)(F)F)cn1. The third-order valence-corrected chi connectivity index (χ3v) is 2.88. The molecule has 0 aliphatic rings. The van der Waals surface area contributed by atoms with Crippen molar-refractivity contribution in [3.63, 3.8) is 0 Å². The molecule has 1 aromatic rings. The van der Waals surface area contributed by atoms with E-state index in [0.717, 1.165) is 23.9 Å². The van der Waals surface area contributed by atoms with Crippen LogP contribution in [0.25, 0.3) is 0 Å². The van der Waals surface area contributed by atoms with E-state index in [-0.39, 0.29) is 17.4 Å². The van der Waals surface area contributed by atoms with Gasteiger partial charge in [-0.2, -0.15) is 13.2 Å². The van der Waals surface area contributed by atoms with Crippen LogP contribution in [0.15, 0.2) is 23.4 Å². The predicted octanol–water partition coefficient (Wildman–Crippen LogP) is 2.47. The maximum Gasteiger partial charge on any atom is 0.417 e. The topological polar surface area (TPSA) is 68.3 Å². The number of hydrogen-bond donors (Lipinski definition) is 1. The second-order valence-electron chi connectivity index (χ2n) is 3.44. The largest absolute Gasteiger partial charge is 0.450 e. The van der Waals surface area contributed by atoms with E-state index in [9.17, 15) is 22.8 Å². The second-order valence-corrected chi connectivity index (χ2v) is 4.44. The first-order valence-corrected chi connectivity index (χ1v) is 6.44. The van der Waals surface area contributed by atoms with E-state index >= 15 is 0 Å². The Bertz CT molecular complexity index is 477. The van der Waals surface area contributed by atoms with Gasteiger partial charge < -0.3 is 4.74 Å². The van der Waals surface area contributed by atoms with Gasteiger partial charge in [-0.05, 0) is 19.1 Å². The molecule has 1 aromatic heterocycles. The Morgan fingerprint density at radius 2 is 2.10 bits per heavy atom. The Morgan fingerprint density at radius 3 is 2.60 bits per heavy atom. The summed E-state index contributed by atoms with van der Waals surface area (Å²) in [5, 5.41) is 2.21. The van der Waals surface area contributed by atoms with Crippen LogP contribution in [0.4, 0.5) is 18.0 Å². The van der Waals surface area contributed by atoms with E-state index < -0.39 is 23.7 Å². The van der Waals surface area contributed by atoms with Gasteiger partial charge >= 0.3 is 12.3 Å². The lowest BCUT2D eigenvalue weighted by Crippen LogP contribution is -2.32. The summed E-state index contributed by atoms with van der Waals surface area (Å²) in [6.07, 6.45) is -4.62. The molecule has 110 valence electrons. The third-order valence-electron chi connectivity index (χ3n) is 1.93. The van der Waals surface area contributed by atoms with E-state index in [4.69, 9.17) is 0 Å². The van der Waals surface area contributed by atoms with Gasteiger partial charge in [0.05, 0.1) is 22.9 Å². The number of hydrogen-bond acceptors (Lipinski definition) is 5. The molecule has 1 heterocycles. The van der Waals surface area contributed by atoms with E-state index in [1.807, 2.05) is 5.32 Å². The first-order valence-electron chi connectivity index (χ1n) is 5.45. The highest BCUT2D eigenvalue weighted by Crippen LogP contribution is 2.29. The summed E-state index contributed by atoms with van der Waals surface area (Å²) in [5.74, 6) is -0.771. The number of ether oxygens (including phenoxy) is 1. The summed E-state index contributed by atoms with van der Waals surface area (Å²) in [4.78, 5) is 25.8. The van der Waals surface area contributed by atoms with E-state index in [0.29, 0.717) is 6.20 Å². The molecule has 0 aromatic carbocycles. The molecule has 0 saturated carbocycles. The number of nitrogens with one attached hydrogen (secondary N) is 1. The molecule has 0 fully saturated rings. The number of pyridine rings is 1. The Morgan fingerprint density at radius 1 is 1.40 bits per heavy atom. The number of carbonyl (C=O) groups excluding carboxylic acids is 2. The van der Waals surface area contributed by atoms with Crippen LogP contribution in [-0.4, -0.2) is 29.3 Å². The van der Waals surface area contributed by atoms with Gasteiger partial charge in [-0.1, -0.05) is 11.8 Å². The number of imide groups is 1. The number of rotatable bonds is 4. The molecule has 0 atom stereocenters. The normalized spacial score (nSPS) is 11.0. The van der Waals surface area contributed by atoms with Crippen LogP contribution in [0, 0.1) is 0 Å². The van der Waals surface area contributed by atoms with Crippen LogP contribution in [0.3, 0.4) is 0 Å². The van der Waals surface area contributed by atoms with Crippen molar-refractivity contribution in [1.82, 2.24) is 10.3 Å². The average molecular weight is 308 g/mol. The van der Waals surface area contributed by atoms with Crippen molar-refractivity contribution in [2.45, 2.75) is 18.1 Å². The van der Waals surface area contributed by atoms with Crippen LogP contribution < -0.4 is 5.32 Å². The molecule has 9 heteroatoms. The lowest BCUT2D eigenvalue weighted by Gasteiger charge is -2.06. The molecule has 1 rings (SSSR count). The minimum Gasteiger partial charge on any atom is -0.450 e. The Labute approximate surface area is 116 Å². The van der Waals surface area contributed by atoms with Crippen LogP contribution in [-0.2, 0) is 15.7 Å². The van der Waals surface area contributed by atoms with Crippen LogP contribution in [0.1, 0.15) is 12.5 Å². The van der Waals surface area contributed by atoms with Crippen LogP contribution >= 0.6 is 11.8 Å². The highest BCUT2D eigenvalue weighted by Gasteiger charge is 2.30. The Hall–Kier alpha value is -1.77. The number of amides is 2. The smallest absolute Gasteiger partial charge is 0.417 e. The fourth-order valence-electron chi connectivity index (χ4n) is 1.09. The fraction of sp³-hybridized carbons (Fsp3) is 0.364. The van der Waals surface area contributed by atoms with Gasteiger partial charge in [0, 0.05) is 6.20 Å². The minimum atomic E-state index is -4.45. The molecule has 0 radical (unpaired) electrons. The predicted molar refractivity (Wildman–Crippen MR) is 65.1 cm³/mol. The maximum absolute atomic E-state index is 12.3. The summed E-state index contributed by atoms with van der Waals surface area (Å²) in [6, 6.07) is 2.03. The lowest BCUT2D eigenvalue weighted by atomic mass is 10.3. The van der Waals surface area contributed by atoms with Crippen molar-refractivity contribution in [3.8, 4) is 0 Å². The zero-order valence-corrected chi connectivity index (χ0v) is 11.2. The summed E-state index contributed by atoms with van der Waals surface area (Å²) in [5.41, 5.74) is -0.863. The van der Waals surface area contributed by atoms with Gasteiger partial charge in [0.1, 0.15) is 0 Å². The quantitative estimate of drug-likeness (QED) is 0.865. The molecule has 2 amide bonds. The summed E-state index contributed by atoms with van der Waals surface area (Å²) in [7, 11) is 0. The summed E-state index contributed by atoms with van der Waals surface area (Å²) < 4.78 is 41.4. The minimum absolute atomic E-state index is 0.132. The molecule has 0 spiro atoms. The molecule has 20 heavy (non-hydrogen) atoms. The van der Waals surface area contributed by atoms with Gasteiger partial charge in [-0.3, -0.25) is 10.1 Å². The summed E-state index contributed by atoms with van der Waals surface area (Å²) >= 11 is 0.910. The Kier molecular flexibility index (Phi) is 5.81. The van der Waals surface area contributed by atoms with Crippen molar-refractivity contribution in [2.24, 2.45) is 0 Å². The van der Waals surface area contributed by atoms with Gasteiger partial charge in [0.2, 0.25) is 5.91 Å². The third kappa shape index (κ3) is 5.47. The molecule has 0 aliphatic heterocycles. The number of thioether (sulfide) groups is 1. The monoisotopic (exact) mass is 308 g/mol. The maximum atomic E-state index is 12.3. The average Bonchev–Trinajstić information content (AvgIpc) is 2.36. The van der Waals surface area contributed by atoms with Crippen molar-refractivity contribution in [3.05, 3.63) is 23.9 Å². The van der Waals surface area contributed by atoms with Crippen LogP contribution in [0.5, 0.6) is 0 Å². The van der Waals surface area contributed by atoms with E-state index in [1.165, 1.54) is 0 Å². The number of carbonyl (C=O) groups is 2. The number of alkyl carbamates (subject to hydrolysis) is 1. The van der Waals surface area contributed by atoms with Gasteiger partial charge in [0.25, 0.3) is 0 Å². The second kappa shape index (κ2) is 7.13. The number of nitrogens with zero attached hydrogens (tertiary/aromatic N) is 1. The van der Waals surface area contributed by atoms with Crippen molar-refractivity contribution >= 4 is 23.8 Å². The molecular formula is C11H11F3N2O3S. The van der Waals surface area contributed by atoms with E-state index in [2.05, 4.69) is 9.72 Å².